The molecule has 6 nitrogen and oxygen atoms in total. The average molecular weight is 405 g/mol. The van der Waals surface area contributed by atoms with Gasteiger partial charge in [0.1, 0.15) is 5.82 Å². The fourth-order valence-corrected chi connectivity index (χ4v) is 3.91. The number of nitrogens with zero attached hydrogens (tertiary/aromatic N) is 3. The molecule has 2 aromatic heterocycles. The molecule has 0 aliphatic rings. The van der Waals surface area contributed by atoms with Crippen LogP contribution in [0.15, 0.2) is 54.7 Å². The van der Waals surface area contributed by atoms with Crippen LogP contribution in [0.25, 0.3) is 21.9 Å². The van der Waals surface area contributed by atoms with Gasteiger partial charge < -0.3 is 19.2 Å². The summed E-state index contributed by atoms with van der Waals surface area (Å²) in [6.07, 6.45) is 2.03. The fourth-order valence-electron chi connectivity index (χ4n) is 3.91. The van der Waals surface area contributed by atoms with Crippen LogP contribution >= 0.6 is 0 Å². The Morgan fingerprint density at radius 3 is 2.67 bits per heavy atom. The van der Waals surface area contributed by atoms with Crippen molar-refractivity contribution in [2.24, 2.45) is 13.0 Å². The second-order valence-corrected chi connectivity index (χ2v) is 7.99. The molecule has 0 fully saturated rings. The molecule has 4 rings (SSSR count). The number of carbonyl (C=O) groups is 1. The first-order valence-electron chi connectivity index (χ1n) is 10.3. The van der Waals surface area contributed by atoms with Gasteiger partial charge in [-0.1, -0.05) is 32.0 Å². The van der Waals surface area contributed by atoms with Crippen molar-refractivity contribution >= 4 is 27.8 Å². The predicted octanol–water partition coefficient (Wildman–Crippen LogP) is 4.30. The first-order valence-corrected chi connectivity index (χ1v) is 10.3. The van der Waals surface area contributed by atoms with Gasteiger partial charge in [-0.25, -0.2) is 4.98 Å². The highest BCUT2D eigenvalue weighted by molar-refractivity contribution is 5.98. The predicted molar refractivity (Wildman–Crippen MR) is 120 cm³/mol. The van der Waals surface area contributed by atoms with Crippen LogP contribution in [0.3, 0.4) is 0 Å². The zero-order valence-electron chi connectivity index (χ0n) is 17.9. The minimum absolute atomic E-state index is 0.0952. The lowest BCUT2D eigenvalue weighted by Crippen LogP contribution is -2.33. The molecule has 0 saturated carbocycles. The van der Waals surface area contributed by atoms with Gasteiger partial charge in [0.15, 0.2) is 0 Å². The monoisotopic (exact) mass is 404 g/mol. The van der Waals surface area contributed by atoms with Crippen molar-refractivity contribution in [2.75, 3.05) is 13.7 Å². The number of fused-ring (bicyclic) bond motifs is 2. The SMILES string of the molecule is COCCn1ccc2ccc(C(=O)NC(c3nc4ccccc4n3C)C(C)C)cc21. The quantitative estimate of drug-likeness (QED) is 0.500. The molecule has 2 heterocycles. The number of aromatic nitrogens is 3. The Kier molecular flexibility index (Phi) is 5.59. The molecular weight excluding hydrogens is 376 g/mol. The number of imidazole rings is 1. The molecule has 2 aromatic carbocycles. The topological polar surface area (TPSA) is 61.1 Å². The van der Waals surface area contributed by atoms with Gasteiger partial charge in [-0.3, -0.25) is 4.79 Å². The van der Waals surface area contributed by atoms with E-state index in [2.05, 4.69) is 34.4 Å². The highest BCUT2D eigenvalue weighted by Crippen LogP contribution is 2.26. The molecule has 0 saturated heterocycles. The molecule has 0 radical (unpaired) electrons. The molecule has 0 bridgehead atoms. The van der Waals surface area contributed by atoms with Crippen molar-refractivity contribution in [3.63, 3.8) is 0 Å². The van der Waals surface area contributed by atoms with Crippen LogP contribution in [0.5, 0.6) is 0 Å². The van der Waals surface area contributed by atoms with E-state index in [-0.39, 0.29) is 17.9 Å². The van der Waals surface area contributed by atoms with E-state index in [1.807, 2.05) is 55.7 Å². The summed E-state index contributed by atoms with van der Waals surface area (Å²) in [5.74, 6) is 0.963. The maximum absolute atomic E-state index is 13.2. The van der Waals surface area contributed by atoms with E-state index >= 15 is 0 Å². The van der Waals surface area contributed by atoms with Crippen LogP contribution in [0, 0.1) is 5.92 Å². The summed E-state index contributed by atoms with van der Waals surface area (Å²) in [6, 6.07) is 15.7. The Balaban J connectivity index is 1.64. The lowest BCUT2D eigenvalue weighted by atomic mass is 10.0. The second-order valence-electron chi connectivity index (χ2n) is 7.99. The maximum Gasteiger partial charge on any atom is 0.251 e. The summed E-state index contributed by atoms with van der Waals surface area (Å²) >= 11 is 0. The Morgan fingerprint density at radius 2 is 1.93 bits per heavy atom. The summed E-state index contributed by atoms with van der Waals surface area (Å²) in [5.41, 5.74) is 3.67. The number of nitrogens with one attached hydrogen (secondary N) is 1. The van der Waals surface area contributed by atoms with Crippen LogP contribution in [-0.2, 0) is 18.3 Å². The van der Waals surface area contributed by atoms with Gasteiger partial charge in [-0.2, -0.15) is 0 Å². The van der Waals surface area contributed by atoms with Crippen LogP contribution in [-0.4, -0.2) is 33.7 Å². The number of hydrogen-bond acceptors (Lipinski definition) is 3. The average Bonchev–Trinajstić information content (AvgIpc) is 3.30. The van der Waals surface area contributed by atoms with Crippen molar-refractivity contribution in [1.82, 2.24) is 19.4 Å². The molecule has 0 aliphatic carbocycles. The van der Waals surface area contributed by atoms with Gasteiger partial charge in [0.2, 0.25) is 0 Å². The third-order valence-electron chi connectivity index (χ3n) is 5.63. The van der Waals surface area contributed by atoms with E-state index in [0.29, 0.717) is 12.2 Å². The number of amides is 1. The zero-order valence-corrected chi connectivity index (χ0v) is 17.9. The molecule has 1 unspecified atom stereocenters. The highest BCUT2D eigenvalue weighted by Gasteiger charge is 2.24. The van der Waals surface area contributed by atoms with Gasteiger partial charge >= 0.3 is 0 Å². The van der Waals surface area contributed by atoms with E-state index in [0.717, 1.165) is 34.3 Å². The molecule has 6 heteroatoms. The number of aryl methyl sites for hydroxylation is 1. The van der Waals surface area contributed by atoms with E-state index in [1.54, 1.807) is 7.11 Å². The van der Waals surface area contributed by atoms with Crippen LogP contribution < -0.4 is 5.32 Å². The van der Waals surface area contributed by atoms with Crippen molar-refractivity contribution in [3.05, 3.63) is 66.1 Å². The summed E-state index contributed by atoms with van der Waals surface area (Å²) in [7, 11) is 3.69. The van der Waals surface area contributed by atoms with Crippen molar-refractivity contribution in [2.45, 2.75) is 26.4 Å². The summed E-state index contributed by atoms with van der Waals surface area (Å²) in [6.45, 7) is 5.58. The summed E-state index contributed by atoms with van der Waals surface area (Å²) in [5, 5.41) is 4.32. The minimum Gasteiger partial charge on any atom is -0.383 e. The number of rotatable bonds is 7. The van der Waals surface area contributed by atoms with E-state index in [1.165, 1.54) is 0 Å². The number of hydrogen-bond donors (Lipinski definition) is 1. The molecule has 1 N–H and O–H groups in total. The van der Waals surface area contributed by atoms with Gasteiger partial charge in [0.05, 0.1) is 23.7 Å². The molecular formula is C24H28N4O2. The highest BCUT2D eigenvalue weighted by atomic mass is 16.5. The normalized spacial score (nSPS) is 12.7. The standard InChI is InChI=1S/C24H28N4O2/c1-16(2)22(23-25-19-7-5-6-8-20(19)27(23)3)26-24(29)18-10-9-17-11-12-28(13-14-30-4)21(17)15-18/h5-12,15-16,22H,13-14H2,1-4H3,(H,26,29). The number of methoxy groups -OCH3 is 1. The van der Waals surface area contributed by atoms with Gasteiger partial charge in [0.25, 0.3) is 5.91 Å². The number of benzene rings is 2. The first-order chi connectivity index (χ1) is 14.5. The Hall–Kier alpha value is -3.12. The van der Waals surface area contributed by atoms with E-state index in [9.17, 15) is 4.79 Å². The van der Waals surface area contributed by atoms with Crippen molar-refractivity contribution in [3.8, 4) is 0 Å². The Labute approximate surface area is 176 Å². The molecule has 1 atom stereocenters. The molecule has 30 heavy (non-hydrogen) atoms. The van der Waals surface area contributed by atoms with Crippen LogP contribution in [0.1, 0.15) is 36.1 Å². The Morgan fingerprint density at radius 1 is 1.13 bits per heavy atom. The maximum atomic E-state index is 13.2. The van der Waals surface area contributed by atoms with E-state index in [4.69, 9.17) is 9.72 Å². The number of ether oxygens (including phenoxy) is 1. The second kappa shape index (κ2) is 8.32. The smallest absolute Gasteiger partial charge is 0.251 e. The van der Waals surface area contributed by atoms with Gasteiger partial charge in [0, 0.05) is 38.0 Å². The van der Waals surface area contributed by atoms with Gasteiger partial charge in [-0.15, -0.1) is 0 Å². The third kappa shape index (κ3) is 3.71. The van der Waals surface area contributed by atoms with Crippen LogP contribution in [0.2, 0.25) is 0 Å². The summed E-state index contributed by atoms with van der Waals surface area (Å²) < 4.78 is 9.38. The van der Waals surface area contributed by atoms with Crippen molar-refractivity contribution in [1.29, 1.82) is 0 Å². The zero-order chi connectivity index (χ0) is 21.3. The molecule has 0 spiro atoms. The third-order valence-corrected chi connectivity index (χ3v) is 5.63. The lowest BCUT2D eigenvalue weighted by Gasteiger charge is -2.22. The fraction of sp³-hybridized carbons (Fsp3) is 0.333. The van der Waals surface area contributed by atoms with E-state index < -0.39 is 0 Å². The molecule has 1 amide bonds. The largest absolute Gasteiger partial charge is 0.383 e. The lowest BCUT2D eigenvalue weighted by molar-refractivity contribution is 0.0922. The van der Waals surface area contributed by atoms with Crippen LogP contribution in [0.4, 0.5) is 0 Å². The Bertz CT molecular complexity index is 1190. The number of carbonyl (C=O) groups excluding carboxylic acids is 1. The molecule has 0 aliphatic heterocycles. The number of para-hydroxylation sites is 2. The van der Waals surface area contributed by atoms with Gasteiger partial charge in [-0.05, 0) is 41.6 Å². The summed E-state index contributed by atoms with van der Waals surface area (Å²) in [4.78, 5) is 18.0. The first kappa shape index (κ1) is 20.2. The van der Waals surface area contributed by atoms with Crippen molar-refractivity contribution < 1.29 is 9.53 Å². The molecule has 156 valence electrons. The molecule has 4 aromatic rings. The minimum atomic E-state index is -0.189.